The van der Waals surface area contributed by atoms with Gasteiger partial charge in [0, 0.05) is 7.05 Å². The number of carbonyl (C=O) groups excluding carboxylic acids is 2. The Morgan fingerprint density at radius 1 is 0.875 bits per heavy atom. The van der Waals surface area contributed by atoms with Crippen molar-refractivity contribution in [2.75, 3.05) is 14.2 Å². The van der Waals surface area contributed by atoms with Gasteiger partial charge in [0.05, 0.1) is 7.11 Å². The second kappa shape index (κ2) is 8.55. The van der Waals surface area contributed by atoms with E-state index in [0.29, 0.717) is 17.2 Å². The van der Waals surface area contributed by atoms with Crippen LogP contribution in [0.2, 0.25) is 0 Å². The Bertz CT molecular complexity index is 1200. The van der Waals surface area contributed by atoms with Crippen molar-refractivity contribution in [1.29, 1.82) is 0 Å². The molecule has 0 bridgehead atoms. The first-order valence-corrected chi connectivity index (χ1v) is 9.14. The van der Waals surface area contributed by atoms with Crippen LogP contribution in [0.5, 0.6) is 35.0 Å². The van der Waals surface area contributed by atoms with Crippen LogP contribution in [-0.2, 0) is 4.79 Å². The highest BCUT2D eigenvalue weighted by Crippen LogP contribution is 2.26. The standard InChI is InChI=1S/C20H16N6O6/c1-26-16(28)15(22-20(26)29)21-17-23-18(31-13-5-3-11(27)4-6-13)25-19(24-17)32-14-9-7-12(30-2)8-10-14/h3-10,27H,1-2H3,(H,21,22,23,24,25,29). The van der Waals surface area contributed by atoms with E-state index in [1.807, 2.05) is 0 Å². The number of aromatic hydroxyl groups is 1. The molecule has 162 valence electrons. The van der Waals surface area contributed by atoms with Gasteiger partial charge in [0.1, 0.15) is 23.0 Å². The number of aromatic nitrogens is 3. The maximum absolute atomic E-state index is 12.1. The predicted octanol–water partition coefficient (Wildman–Crippen LogP) is 2.38. The monoisotopic (exact) mass is 436 g/mol. The SMILES string of the molecule is COc1ccc(Oc2nc(/N=C3\NC(=O)N(C)C3=O)nc(Oc3ccc(O)cc3)n2)cc1. The van der Waals surface area contributed by atoms with Crippen molar-refractivity contribution in [3.8, 4) is 35.0 Å². The molecule has 32 heavy (non-hydrogen) atoms. The number of likely N-dealkylation sites (N-methyl/N-ethyl adjacent to an activating group) is 1. The van der Waals surface area contributed by atoms with Gasteiger partial charge in [0.15, 0.2) is 0 Å². The van der Waals surface area contributed by atoms with Crippen molar-refractivity contribution in [2.45, 2.75) is 0 Å². The second-order valence-corrected chi connectivity index (χ2v) is 6.33. The number of phenolic OH excluding ortho intramolecular Hbond substituents is 1. The Labute approximate surface area is 181 Å². The lowest BCUT2D eigenvalue weighted by Gasteiger charge is -2.08. The fourth-order valence-electron chi connectivity index (χ4n) is 2.50. The summed E-state index contributed by atoms with van der Waals surface area (Å²) >= 11 is 0. The zero-order chi connectivity index (χ0) is 22.7. The van der Waals surface area contributed by atoms with Crippen molar-refractivity contribution in [3.63, 3.8) is 0 Å². The Morgan fingerprint density at radius 2 is 1.41 bits per heavy atom. The van der Waals surface area contributed by atoms with Gasteiger partial charge < -0.3 is 19.3 Å². The van der Waals surface area contributed by atoms with E-state index in [1.54, 1.807) is 31.4 Å². The van der Waals surface area contributed by atoms with Gasteiger partial charge >= 0.3 is 18.1 Å². The minimum absolute atomic E-state index is 0.0585. The highest BCUT2D eigenvalue weighted by Gasteiger charge is 2.32. The van der Waals surface area contributed by atoms with E-state index < -0.39 is 11.9 Å². The molecule has 1 aliphatic heterocycles. The number of nitrogens with one attached hydrogen (secondary N) is 1. The molecule has 3 amide bonds. The predicted molar refractivity (Wildman–Crippen MR) is 109 cm³/mol. The van der Waals surface area contributed by atoms with Gasteiger partial charge in [-0.3, -0.25) is 15.0 Å². The first kappa shape index (κ1) is 20.5. The smallest absolute Gasteiger partial charge is 0.330 e. The molecule has 0 aliphatic carbocycles. The number of hydrogen-bond acceptors (Lipinski definition) is 10. The molecule has 1 fully saturated rings. The van der Waals surface area contributed by atoms with Crippen LogP contribution in [0.4, 0.5) is 10.7 Å². The summed E-state index contributed by atoms with van der Waals surface area (Å²) < 4.78 is 16.4. The van der Waals surface area contributed by atoms with Crippen molar-refractivity contribution in [1.82, 2.24) is 25.2 Å². The summed E-state index contributed by atoms with van der Waals surface area (Å²) in [5.74, 6) is 0.295. The lowest BCUT2D eigenvalue weighted by Crippen LogP contribution is -2.25. The fourth-order valence-corrected chi connectivity index (χ4v) is 2.50. The number of methoxy groups -OCH3 is 1. The number of amidine groups is 1. The Kier molecular flexibility index (Phi) is 5.49. The Balaban J connectivity index is 1.67. The van der Waals surface area contributed by atoms with Gasteiger partial charge in [0.25, 0.3) is 11.9 Å². The van der Waals surface area contributed by atoms with Crippen LogP contribution in [0, 0.1) is 0 Å². The van der Waals surface area contributed by atoms with Gasteiger partial charge in [0.2, 0.25) is 5.84 Å². The molecule has 2 N–H and O–H groups in total. The zero-order valence-electron chi connectivity index (χ0n) is 16.8. The summed E-state index contributed by atoms with van der Waals surface area (Å²) in [6.45, 7) is 0. The highest BCUT2D eigenvalue weighted by atomic mass is 16.5. The molecular weight excluding hydrogens is 420 g/mol. The van der Waals surface area contributed by atoms with E-state index >= 15 is 0 Å². The number of nitrogens with zero attached hydrogens (tertiary/aromatic N) is 5. The van der Waals surface area contributed by atoms with Crippen LogP contribution < -0.4 is 19.5 Å². The third kappa shape index (κ3) is 4.53. The van der Waals surface area contributed by atoms with Gasteiger partial charge in [-0.05, 0) is 48.5 Å². The maximum Gasteiger partial charge on any atom is 0.330 e. The molecule has 2 heterocycles. The summed E-state index contributed by atoms with van der Waals surface area (Å²) in [7, 11) is 2.85. The molecule has 4 rings (SSSR count). The zero-order valence-corrected chi connectivity index (χ0v) is 16.8. The summed E-state index contributed by atoms with van der Waals surface area (Å²) in [6.07, 6.45) is 0. The van der Waals surface area contributed by atoms with Gasteiger partial charge in [-0.1, -0.05) is 0 Å². The van der Waals surface area contributed by atoms with E-state index in [0.717, 1.165) is 4.90 Å². The van der Waals surface area contributed by atoms with E-state index in [1.165, 1.54) is 31.3 Å². The minimum atomic E-state index is -0.644. The lowest BCUT2D eigenvalue weighted by molar-refractivity contribution is -0.119. The summed E-state index contributed by atoms with van der Waals surface area (Å²) in [4.78, 5) is 40.9. The third-order valence-electron chi connectivity index (χ3n) is 4.15. The molecule has 0 unspecified atom stereocenters. The van der Waals surface area contributed by atoms with Gasteiger partial charge in [-0.2, -0.15) is 15.0 Å². The average molecular weight is 436 g/mol. The lowest BCUT2D eigenvalue weighted by atomic mass is 10.3. The molecule has 0 spiro atoms. The highest BCUT2D eigenvalue weighted by molar-refractivity contribution is 6.47. The third-order valence-corrected chi connectivity index (χ3v) is 4.15. The Hall–Kier alpha value is -4.74. The molecule has 1 saturated heterocycles. The average Bonchev–Trinajstić information content (AvgIpc) is 3.02. The molecule has 3 aromatic rings. The van der Waals surface area contributed by atoms with Crippen LogP contribution in [-0.4, -0.2) is 56.9 Å². The second-order valence-electron chi connectivity index (χ2n) is 6.33. The molecular formula is C20H16N6O6. The number of phenols is 1. The first-order valence-electron chi connectivity index (χ1n) is 9.14. The molecule has 0 atom stereocenters. The molecule has 12 heteroatoms. The van der Waals surface area contributed by atoms with Gasteiger partial charge in [-0.25, -0.2) is 4.79 Å². The molecule has 0 radical (unpaired) electrons. The number of ether oxygens (including phenoxy) is 3. The normalized spacial score (nSPS) is 14.4. The molecule has 0 saturated carbocycles. The first-order chi connectivity index (χ1) is 15.4. The van der Waals surface area contributed by atoms with Crippen LogP contribution in [0.3, 0.4) is 0 Å². The number of hydrogen-bond donors (Lipinski definition) is 2. The number of rotatable bonds is 6. The van der Waals surface area contributed by atoms with E-state index in [4.69, 9.17) is 14.2 Å². The maximum atomic E-state index is 12.1. The number of benzene rings is 2. The molecule has 1 aromatic heterocycles. The molecule has 2 aromatic carbocycles. The van der Waals surface area contributed by atoms with Crippen LogP contribution in [0.15, 0.2) is 53.5 Å². The number of aliphatic imine (C=N–C) groups is 1. The van der Waals surface area contributed by atoms with Gasteiger partial charge in [-0.15, -0.1) is 4.98 Å². The number of imide groups is 1. The largest absolute Gasteiger partial charge is 0.508 e. The van der Waals surface area contributed by atoms with E-state index in [-0.39, 0.29) is 29.6 Å². The summed E-state index contributed by atoms with van der Waals surface area (Å²) in [5, 5.41) is 11.7. The molecule has 12 nitrogen and oxygen atoms in total. The number of carbonyl (C=O) groups is 2. The van der Waals surface area contributed by atoms with E-state index in [9.17, 15) is 14.7 Å². The van der Waals surface area contributed by atoms with Crippen molar-refractivity contribution in [2.24, 2.45) is 4.99 Å². The molecule has 1 aliphatic rings. The number of amides is 3. The van der Waals surface area contributed by atoms with Crippen LogP contribution >= 0.6 is 0 Å². The van der Waals surface area contributed by atoms with Crippen molar-refractivity contribution < 1.29 is 28.9 Å². The fraction of sp³-hybridized carbons (Fsp3) is 0.100. The van der Waals surface area contributed by atoms with Crippen molar-refractivity contribution >= 4 is 23.7 Å². The van der Waals surface area contributed by atoms with E-state index in [2.05, 4.69) is 25.3 Å². The summed E-state index contributed by atoms with van der Waals surface area (Å²) in [6, 6.07) is 11.6. The Morgan fingerprint density at radius 3 is 1.91 bits per heavy atom. The van der Waals surface area contributed by atoms with Crippen LogP contribution in [0.25, 0.3) is 0 Å². The quantitative estimate of drug-likeness (QED) is 0.555. The van der Waals surface area contributed by atoms with Crippen molar-refractivity contribution in [3.05, 3.63) is 48.5 Å². The topological polar surface area (TPSA) is 148 Å². The minimum Gasteiger partial charge on any atom is -0.508 e. The number of urea groups is 1. The summed E-state index contributed by atoms with van der Waals surface area (Å²) in [5.41, 5.74) is 0. The van der Waals surface area contributed by atoms with Crippen LogP contribution in [0.1, 0.15) is 0 Å².